The van der Waals surface area contributed by atoms with Gasteiger partial charge in [0.2, 0.25) is 0 Å². The van der Waals surface area contributed by atoms with E-state index in [1.165, 1.54) is 0 Å². The number of carboxylic acid groups (broad SMARTS) is 1. The fourth-order valence-electron chi connectivity index (χ4n) is 1.39. The maximum absolute atomic E-state index is 10.6. The molecule has 1 rings (SSSR count). The number of benzene rings is 1. The minimum absolute atomic E-state index is 0.0868. The van der Waals surface area contributed by atoms with Crippen molar-refractivity contribution in [2.45, 2.75) is 19.8 Å². The highest BCUT2D eigenvalue weighted by atomic mass is 16.4. The van der Waals surface area contributed by atoms with E-state index in [1.807, 2.05) is 31.2 Å². The summed E-state index contributed by atoms with van der Waals surface area (Å²) in [6.07, 6.45) is 0.840. The zero-order valence-electron chi connectivity index (χ0n) is 8.29. The second kappa shape index (κ2) is 4.61. The molecular weight excluding hydrogens is 176 g/mol. The number of hydrogen-bond donors (Lipinski definition) is 1. The fourth-order valence-corrected chi connectivity index (χ4v) is 1.39. The van der Waals surface area contributed by atoms with E-state index in [0.717, 1.165) is 23.1 Å². The molecule has 0 radical (unpaired) electrons. The van der Waals surface area contributed by atoms with Crippen molar-refractivity contribution in [1.82, 2.24) is 0 Å². The second-order valence-electron chi connectivity index (χ2n) is 3.47. The minimum atomic E-state index is -0.792. The first-order valence-corrected chi connectivity index (χ1v) is 4.52. The molecule has 1 aromatic rings. The highest BCUT2D eigenvalue weighted by Crippen LogP contribution is 2.13. The summed E-state index contributed by atoms with van der Waals surface area (Å²) in [6, 6.07) is 7.59. The number of aliphatic carboxylic acids is 1. The van der Waals surface area contributed by atoms with Crippen LogP contribution in [-0.4, -0.2) is 11.1 Å². The molecule has 2 nitrogen and oxygen atoms in total. The maximum Gasteiger partial charge on any atom is 0.307 e. The van der Waals surface area contributed by atoms with E-state index in [4.69, 9.17) is 5.11 Å². The molecule has 0 unspecified atom stereocenters. The van der Waals surface area contributed by atoms with Crippen molar-refractivity contribution in [3.05, 3.63) is 47.5 Å². The fraction of sp³-hybridized carbons (Fsp3) is 0.250. The summed E-state index contributed by atoms with van der Waals surface area (Å²) in [7, 11) is 0. The van der Waals surface area contributed by atoms with Crippen LogP contribution in [0.1, 0.15) is 18.1 Å². The third-order valence-corrected chi connectivity index (χ3v) is 1.95. The Morgan fingerprint density at radius 1 is 1.29 bits per heavy atom. The molecule has 0 amide bonds. The molecule has 0 bridgehead atoms. The average Bonchev–Trinajstić information content (AvgIpc) is 2.06. The van der Waals surface area contributed by atoms with Gasteiger partial charge in [0, 0.05) is 0 Å². The molecule has 0 aliphatic rings. The minimum Gasteiger partial charge on any atom is -0.481 e. The molecule has 0 saturated carbocycles. The molecule has 14 heavy (non-hydrogen) atoms. The largest absolute Gasteiger partial charge is 0.481 e. The van der Waals surface area contributed by atoms with Gasteiger partial charge < -0.3 is 5.11 Å². The number of hydrogen-bond acceptors (Lipinski definition) is 1. The highest BCUT2D eigenvalue weighted by molar-refractivity contribution is 5.70. The zero-order chi connectivity index (χ0) is 10.6. The van der Waals surface area contributed by atoms with Gasteiger partial charge in [0.25, 0.3) is 0 Å². The smallest absolute Gasteiger partial charge is 0.307 e. The van der Waals surface area contributed by atoms with Crippen LogP contribution >= 0.6 is 0 Å². The molecule has 1 aromatic carbocycles. The number of allylic oxidation sites excluding steroid dienone is 1. The third kappa shape index (κ3) is 3.05. The van der Waals surface area contributed by atoms with E-state index in [1.54, 1.807) is 0 Å². The molecule has 0 aliphatic carbocycles. The first-order chi connectivity index (χ1) is 6.59. The lowest BCUT2D eigenvalue weighted by molar-refractivity contribution is -0.136. The van der Waals surface area contributed by atoms with E-state index >= 15 is 0 Å². The van der Waals surface area contributed by atoms with Crippen molar-refractivity contribution in [1.29, 1.82) is 0 Å². The molecule has 1 N–H and O–H groups in total. The first-order valence-electron chi connectivity index (χ1n) is 4.52. The summed E-state index contributed by atoms with van der Waals surface area (Å²) in [4.78, 5) is 10.6. The van der Waals surface area contributed by atoms with Crippen LogP contribution < -0.4 is 0 Å². The van der Waals surface area contributed by atoms with Gasteiger partial charge in [0.15, 0.2) is 0 Å². The third-order valence-electron chi connectivity index (χ3n) is 1.95. The van der Waals surface area contributed by atoms with Gasteiger partial charge in [-0.2, -0.15) is 0 Å². The lowest BCUT2D eigenvalue weighted by atomic mass is 9.99. The van der Waals surface area contributed by atoms with Crippen LogP contribution in [0.3, 0.4) is 0 Å². The van der Waals surface area contributed by atoms with Crippen molar-refractivity contribution >= 4 is 5.97 Å². The Morgan fingerprint density at radius 3 is 2.21 bits per heavy atom. The molecule has 2 heteroatoms. The summed E-state index contributed by atoms with van der Waals surface area (Å²) in [5.41, 5.74) is 2.98. The molecule has 0 heterocycles. The van der Waals surface area contributed by atoms with E-state index in [9.17, 15) is 4.79 Å². The number of carbonyl (C=O) groups is 1. The lowest BCUT2D eigenvalue weighted by Crippen LogP contribution is -2.03. The Bertz CT molecular complexity index is 318. The maximum atomic E-state index is 10.6. The second-order valence-corrected chi connectivity index (χ2v) is 3.47. The summed E-state index contributed by atoms with van der Waals surface area (Å²) < 4.78 is 0. The van der Waals surface area contributed by atoms with Gasteiger partial charge in [-0.1, -0.05) is 36.4 Å². The van der Waals surface area contributed by atoms with Gasteiger partial charge in [-0.25, -0.2) is 0 Å². The molecule has 0 fully saturated rings. The lowest BCUT2D eigenvalue weighted by Gasteiger charge is -2.06. The van der Waals surface area contributed by atoms with Crippen LogP contribution in [0.2, 0.25) is 0 Å². The SMILES string of the molecule is C=C(C)Cc1ccccc1CC(=O)O. The summed E-state index contributed by atoms with van der Waals surface area (Å²) in [5.74, 6) is -0.792. The van der Waals surface area contributed by atoms with Crippen LogP contribution in [0.25, 0.3) is 0 Å². The predicted octanol–water partition coefficient (Wildman–Crippen LogP) is 2.43. The number of carboxylic acids is 1. The summed E-state index contributed by atoms with van der Waals surface area (Å²) >= 11 is 0. The Hall–Kier alpha value is -1.57. The summed E-state index contributed by atoms with van der Waals surface area (Å²) in [5, 5.41) is 8.70. The van der Waals surface area contributed by atoms with Crippen molar-refractivity contribution in [2.75, 3.05) is 0 Å². The average molecular weight is 190 g/mol. The van der Waals surface area contributed by atoms with E-state index in [2.05, 4.69) is 6.58 Å². The number of rotatable bonds is 4. The van der Waals surface area contributed by atoms with E-state index in [0.29, 0.717) is 0 Å². The van der Waals surface area contributed by atoms with Crippen molar-refractivity contribution in [3.8, 4) is 0 Å². The quantitative estimate of drug-likeness (QED) is 0.740. The molecule has 74 valence electrons. The van der Waals surface area contributed by atoms with Gasteiger partial charge in [-0.05, 0) is 24.5 Å². The van der Waals surface area contributed by atoms with Crippen LogP contribution in [0.4, 0.5) is 0 Å². The molecular formula is C12H14O2. The Kier molecular flexibility index (Phi) is 3.46. The molecule has 0 aliphatic heterocycles. The van der Waals surface area contributed by atoms with Gasteiger partial charge in [-0.3, -0.25) is 4.79 Å². The normalized spacial score (nSPS) is 9.79. The van der Waals surface area contributed by atoms with E-state index in [-0.39, 0.29) is 6.42 Å². The summed E-state index contributed by atoms with van der Waals surface area (Å²) in [6.45, 7) is 5.77. The highest BCUT2D eigenvalue weighted by Gasteiger charge is 2.05. The Balaban J connectivity index is 2.90. The topological polar surface area (TPSA) is 37.3 Å². The van der Waals surface area contributed by atoms with Gasteiger partial charge in [0.1, 0.15) is 0 Å². The monoisotopic (exact) mass is 190 g/mol. The molecule has 0 spiro atoms. The Morgan fingerprint density at radius 2 is 1.79 bits per heavy atom. The zero-order valence-corrected chi connectivity index (χ0v) is 8.29. The van der Waals surface area contributed by atoms with Crippen LogP contribution in [-0.2, 0) is 17.6 Å². The molecule has 0 atom stereocenters. The van der Waals surface area contributed by atoms with E-state index < -0.39 is 5.97 Å². The first kappa shape index (κ1) is 10.5. The standard InChI is InChI=1S/C12H14O2/c1-9(2)7-10-5-3-4-6-11(10)8-12(13)14/h3-6H,1,7-8H2,2H3,(H,13,14). The van der Waals surface area contributed by atoms with Gasteiger partial charge in [0.05, 0.1) is 6.42 Å². The van der Waals surface area contributed by atoms with Gasteiger partial charge >= 0.3 is 5.97 Å². The van der Waals surface area contributed by atoms with Crippen LogP contribution in [0.15, 0.2) is 36.4 Å². The van der Waals surface area contributed by atoms with Crippen molar-refractivity contribution in [2.24, 2.45) is 0 Å². The molecule has 0 aromatic heterocycles. The van der Waals surface area contributed by atoms with Gasteiger partial charge in [-0.15, -0.1) is 0 Å². The molecule has 0 saturated heterocycles. The van der Waals surface area contributed by atoms with Crippen LogP contribution in [0, 0.1) is 0 Å². The van der Waals surface area contributed by atoms with Crippen molar-refractivity contribution in [3.63, 3.8) is 0 Å². The van der Waals surface area contributed by atoms with Crippen molar-refractivity contribution < 1.29 is 9.90 Å². The van der Waals surface area contributed by atoms with Crippen LogP contribution in [0.5, 0.6) is 0 Å². The Labute approximate surface area is 83.9 Å². The predicted molar refractivity (Wildman–Crippen MR) is 56.3 cm³/mol.